The van der Waals surface area contributed by atoms with Crippen LogP contribution in [0.5, 0.6) is 0 Å². The molecule has 0 amide bonds. The molecule has 0 aliphatic rings. The number of aromatic carboxylic acids is 1. The summed E-state index contributed by atoms with van der Waals surface area (Å²) in [6.45, 7) is 0. The molecule has 1 aromatic carbocycles. The van der Waals surface area contributed by atoms with Gasteiger partial charge in [0.2, 0.25) is 5.78 Å². The van der Waals surface area contributed by atoms with E-state index in [1.165, 1.54) is 22.9 Å². The summed E-state index contributed by atoms with van der Waals surface area (Å²) >= 11 is 0. The van der Waals surface area contributed by atoms with E-state index < -0.39 is 17.6 Å². The number of aromatic nitrogens is 3. The van der Waals surface area contributed by atoms with E-state index in [1.807, 2.05) is 0 Å². The maximum atomic E-state index is 13.8. The summed E-state index contributed by atoms with van der Waals surface area (Å²) < 4.78 is 28.0. The molecule has 2 heterocycles. The summed E-state index contributed by atoms with van der Waals surface area (Å²) in [5.41, 5.74) is -0.401. The number of hydrogen-bond donors (Lipinski definition) is 1. The molecule has 20 heavy (non-hydrogen) atoms. The summed E-state index contributed by atoms with van der Waals surface area (Å²) in [6.07, 6.45) is 2.91. The second-order valence-electron chi connectivity index (χ2n) is 4.03. The molecule has 2 aromatic heterocycles. The number of fused-ring (bicyclic) bond motifs is 1. The Labute approximate surface area is 111 Å². The molecule has 0 radical (unpaired) electrons. The Kier molecular flexibility index (Phi) is 2.67. The number of nitrogens with zero attached hydrogens (tertiary/aromatic N) is 3. The van der Waals surface area contributed by atoms with Gasteiger partial charge in [0.1, 0.15) is 17.3 Å². The van der Waals surface area contributed by atoms with Gasteiger partial charge in [-0.15, -0.1) is 0 Å². The van der Waals surface area contributed by atoms with Crippen molar-refractivity contribution in [1.29, 1.82) is 0 Å². The zero-order chi connectivity index (χ0) is 14.3. The topological polar surface area (TPSA) is 67.5 Å². The van der Waals surface area contributed by atoms with Crippen LogP contribution in [0.1, 0.15) is 10.5 Å². The first-order chi connectivity index (χ1) is 9.58. The number of benzene rings is 1. The van der Waals surface area contributed by atoms with Crippen molar-refractivity contribution >= 4 is 11.7 Å². The molecular formula is C13H7F2N3O2. The molecule has 5 nitrogen and oxygen atoms in total. The van der Waals surface area contributed by atoms with Crippen LogP contribution >= 0.6 is 0 Å². The van der Waals surface area contributed by atoms with Gasteiger partial charge < -0.3 is 5.11 Å². The van der Waals surface area contributed by atoms with Crippen molar-refractivity contribution < 1.29 is 18.7 Å². The van der Waals surface area contributed by atoms with Crippen LogP contribution in [0.4, 0.5) is 8.78 Å². The van der Waals surface area contributed by atoms with Gasteiger partial charge in [-0.3, -0.25) is 4.40 Å². The van der Waals surface area contributed by atoms with Gasteiger partial charge in [0.25, 0.3) is 0 Å². The molecule has 1 N–H and O–H groups in total. The van der Waals surface area contributed by atoms with Crippen LogP contribution in [0, 0.1) is 11.6 Å². The normalized spacial score (nSPS) is 10.9. The van der Waals surface area contributed by atoms with Crippen LogP contribution in [0.3, 0.4) is 0 Å². The Hall–Kier alpha value is -2.83. The second-order valence-corrected chi connectivity index (χ2v) is 4.03. The first kappa shape index (κ1) is 12.2. The van der Waals surface area contributed by atoms with Crippen LogP contribution in [-0.2, 0) is 0 Å². The molecule has 0 saturated carbocycles. The largest absolute Gasteiger partial charge is 0.476 e. The highest BCUT2D eigenvalue weighted by Crippen LogP contribution is 2.26. The Morgan fingerprint density at radius 2 is 2.10 bits per heavy atom. The van der Waals surface area contributed by atoms with Crippen LogP contribution in [0.2, 0.25) is 0 Å². The summed E-state index contributed by atoms with van der Waals surface area (Å²) in [7, 11) is 0. The number of halogens is 2. The van der Waals surface area contributed by atoms with Gasteiger partial charge in [0, 0.05) is 24.0 Å². The molecule has 0 atom stereocenters. The SMILES string of the molecule is O=C(O)c1c(-c2ccc(F)cc2F)nc2ncccn12. The van der Waals surface area contributed by atoms with Crippen molar-refractivity contribution in [1.82, 2.24) is 14.4 Å². The Bertz CT molecular complexity index is 830. The van der Waals surface area contributed by atoms with Gasteiger partial charge in [-0.25, -0.2) is 23.5 Å². The molecular weight excluding hydrogens is 268 g/mol. The van der Waals surface area contributed by atoms with E-state index in [9.17, 15) is 18.7 Å². The number of imidazole rings is 1. The van der Waals surface area contributed by atoms with E-state index in [0.29, 0.717) is 6.07 Å². The lowest BCUT2D eigenvalue weighted by Crippen LogP contribution is -2.04. The lowest BCUT2D eigenvalue weighted by Gasteiger charge is -2.02. The second kappa shape index (κ2) is 4.37. The minimum atomic E-state index is -1.27. The fourth-order valence-corrected chi connectivity index (χ4v) is 1.96. The monoisotopic (exact) mass is 275 g/mol. The number of carboxylic acids is 1. The van der Waals surface area contributed by atoms with Gasteiger partial charge >= 0.3 is 5.97 Å². The summed E-state index contributed by atoms with van der Waals surface area (Å²) in [6, 6.07) is 4.41. The maximum absolute atomic E-state index is 13.8. The molecule has 100 valence electrons. The molecule has 0 aliphatic heterocycles. The maximum Gasteiger partial charge on any atom is 0.355 e. The van der Waals surface area contributed by atoms with Gasteiger partial charge in [-0.1, -0.05) is 0 Å². The predicted molar refractivity (Wildman–Crippen MR) is 65.3 cm³/mol. The summed E-state index contributed by atoms with van der Waals surface area (Å²) in [5.74, 6) is -2.77. The van der Waals surface area contributed by atoms with Crippen molar-refractivity contribution in [2.45, 2.75) is 0 Å². The molecule has 3 aromatic rings. The van der Waals surface area contributed by atoms with Gasteiger partial charge in [-0.05, 0) is 18.2 Å². The van der Waals surface area contributed by atoms with Crippen molar-refractivity contribution in [2.75, 3.05) is 0 Å². The van der Waals surface area contributed by atoms with E-state index in [1.54, 1.807) is 0 Å². The first-order valence-electron chi connectivity index (χ1n) is 5.59. The zero-order valence-corrected chi connectivity index (χ0v) is 9.92. The van der Waals surface area contributed by atoms with Gasteiger partial charge in [0.15, 0.2) is 5.69 Å². The van der Waals surface area contributed by atoms with Gasteiger partial charge in [0.05, 0.1) is 0 Å². The molecule has 0 fully saturated rings. The van der Waals surface area contributed by atoms with Crippen molar-refractivity contribution in [3.63, 3.8) is 0 Å². The third-order valence-corrected chi connectivity index (χ3v) is 2.79. The number of rotatable bonds is 2. The highest BCUT2D eigenvalue weighted by atomic mass is 19.1. The van der Waals surface area contributed by atoms with Crippen LogP contribution in [0.25, 0.3) is 17.0 Å². The van der Waals surface area contributed by atoms with Gasteiger partial charge in [-0.2, -0.15) is 0 Å². The number of hydrogen-bond acceptors (Lipinski definition) is 3. The van der Waals surface area contributed by atoms with Crippen molar-refractivity contribution in [3.8, 4) is 11.3 Å². The lowest BCUT2D eigenvalue weighted by molar-refractivity contribution is 0.0690. The van der Waals surface area contributed by atoms with Crippen molar-refractivity contribution in [2.24, 2.45) is 0 Å². The third kappa shape index (κ3) is 1.80. The van der Waals surface area contributed by atoms with Crippen LogP contribution < -0.4 is 0 Å². The summed E-state index contributed by atoms with van der Waals surface area (Å²) in [5, 5.41) is 9.27. The minimum Gasteiger partial charge on any atom is -0.476 e. The molecule has 0 spiro atoms. The highest BCUT2D eigenvalue weighted by Gasteiger charge is 2.22. The molecule has 0 saturated heterocycles. The molecule has 3 rings (SSSR count). The van der Waals surface area contributed by atoms with E-state index in [0.717, 1.165) is 12.1 Å². The Morgan fingerprint density at radius 3 is 2.80 bits per heavy atom. The van der Waals surface area contributed by atoms with E-state index >= 15 is 0 Å². The van der Waals surface area contributed by atoms with Crippen LogP contribution in [0.15, 0.2) is 36.7 Å². The molecule has 7 heteroatoms. The first-order valence-corrected chi connectivity index (χ1v) is 5.59. The lowest BCUT2D eigenvalue weighted by atomic mass is 10.1. The van der Waals surface area contributed by atoms with Crippen LogP contribution in [-0.4, -0.2) is 25.4 Å². The highest BCUT2D eigenvalue weighted by molar-refractivity contribution is 5.94. The zero-order valence-electron chi connectivity index (χ0n) is 9.92. The number of carbonyl (C=O) groups is 1. The summed E-state index contributed by atoms with van der Waals surface area (Å²) in [4.78, 5) is 19.3. The predicted octanol–water partition coefficient (Wildman–Crippen LogP) is 2.37. The molecule has 0 aliphatic carbocycles. The van der Waals surface area contributed by atoms with Crippen molar-refractivity contribution in [3.05, 3.63) is 54.0 Å². The Morgan fingerprint density at radius 1 is 1.30 bits per heavy atom. The number of carboxylic acid groups (broad SMARTS) is 1. The van der Waals surface area contributed by atoms with E-state index in [-0.39, 0.29) is 22.7 Å². The Balaban J connectivity index is 2.35. The average Bonchev–Trinajstić information content (AvgIpc) is 2.77. The van der Waals surface area contributed by atoms with E-state index in [2.05, 4.69) is 9.97 Å². The average molecular weight is 275 g/mol. The molecule has 0 bridgehead atoms. The smallest absolute Gasteiger partial charge is 0.355 e. The molecule has 0 unspecified atom stereocenters. The third-order valence-electron chi connectivity index (χ3n) is 2.79. The quantitative estimate of drug-likeness (QED) is 0.779. The minimum absolute atomic E-state index is 0.0886. The standard InChI is InChI=1S/C13H7F2N3O2/c14-7-2-3-8(9(15)6-7)10-11(12(19)20)18-5-1-4-16-13(18)17-10/h1-6H,(H,19,20). The fourth-order valence-electron chi connectivity index (χ4n) is 1.96. The fraction of sp³-hybridized carbons (Fsp3) is 0. The van der Waals surface area contributed by atoms with E-state index in [4.69, 9.17) is 0 Å².